The molecular formula is C22H26ClFN2O4S. The van der Waals surface area contributed by atoms with Crippen LogP contribution >= 0.6 is 24.2 Å². The summed E-state index contributed by atoms with van der Waals surface area (Å²) < 4.78 is 24.8. The van der Waals surface area contributed by atoms with E-state index in [4.69, 9.17) is 9.47 Å². The molecule has 0 radical (unpaired) electrons. The Morgan fingerprint density at radius 2 is 1.87 bits per heavy atom. The van der Waals surface area contributed by atoms with E-state index in [0.717, 1.165) is 5.56 Å². The molecule has 1 aliphatic rings. The van der Waals surface area contributed by atoms with Crippen molar-refractivity contribution in [3.8, 4) is 5.75 Å². The Morgan fingerprint density at radius 1 is 1.19 bits per heavy atom. The number of anilines is 1. The Bertz CT molecular complexity index is 926. The fourth-order valence-corrected chi connectivity index (χ4v) is 4.61. The third-order valence-electron chi connectivity index (χ3n) is 4.76. The predicted molar refractivity (Wildman–Crippen MR) is 122 cm³/mol. The molecule has 0 bridgehead atoms. The first-order valence-electron chi connectivity index (χ1n) is 9.53. The van der Waals surface area contributed by atoms with Crippen LogP contribution in [-0.2, 0) is 14.3 Å². The number of hydrogen-bond acceptors (Lipinski definition) is 6. The minimum Gasteiger partial charge on any atom is -0.497 e. The molecular weight excluding hydrogens is 443 g/mol. The van der Waals surface area contributed by atoms with Crippen LogP contribution in [0.1, 0.15) is 17.7 Å². The summed E-state index contributed by atoms with van der Waals surface area (Å²) in [5.41, 5.74) is 1.39. The molecule has 0 saturated carbocycles. The fourth-order valence-electron chi connectivity index (χ4n) is 3.26. The number of hydrogen-bond donors (Lipinski definition) is 0. The quantitative estimate of drug-likeness (QED) is 0.599. The third kappa shape index (κ3) is 5.90. The zero-order valence-corrected chi connectivity index (χ0v) is 19.5. The van der Waals surface area contributed by atoms with Crippen molar-refractivity contribution in [3.63, 3.8) is 0 Å². The Kier molecular flexibility index (Phi) is 8.73. The molecule has 9 heteroatoms. The van der Waals surface area contributed by atoms with Crippen molar-refractivity contribution < 1.29 is 23.5 Å². The van der Waals surface area contributed by atoms with Crippen LogP contribution in [0, 0.1) is 5.82 Å². The number of halogens is 2. The number of esters is 1. The lowest BCUT2D eigenvalue weighted by Gasteiger charge is -2.28. The fraction of sp³-hybridized carbons (Fsp3) is 0.364. The van der Waals surface area contributed by atoms with E-state index in [1.807, 2.05) is 31.1 Å². The van der Waals surface area contributed by atoms with Gasteiger partial charge in [0.1, 0.15) is 11.6 Å². The largest absolute Gasteiger partial charge is 0.497 e. The van der Waals surface area contributed by atoms with Gasteiger partial charge in [-0.15, -0.1) is 24.2 Å². The molecule has 2 unspecified atom stereocenters. The van der Waals surface area contributed by atoms with Crippen molar-refractivity contribution in [2.45, 2.75) is 23.2 Å². The van der Waals surface area contributed by atoms with E-state index >= 15 is 0 Å². The second kappa shape index (κ2) is 10.8. The molecule has 3 rings (SSSR count). The van der Waals surface area contributed by atoms with Gasteiger partial charge >= 0.3 is 5.97 Å². The van der Waals surface area contributed by atoms with Crippen LogP contribution in [0.25, 0.3) is 0 Å². The van der Waals surface area contributed by atoms with Crippen LogP contribution in [0.4, 0.5) is 10.1 Å². The van der Waals surface area contributed by atoms with E-state index in [9.17, 15) is 14.0 Å². The Labute approximate surface area is 192 Å². The molecule has 168 valence electrons. The zero-order valence-electron chi connectivity index (χ0n) is 17.8. The van der Waals surface area contributed by atoms with Crippen molar-refractivity contribution in [2.75, 3.05) is 39.2 Å². The first kappa shape index (κ1) is 25.0. The number of carbonyl (C=O) groups is 2. The SMILES string of the molecule is COc1ccc(C2Sc3cc(F)ccc3N(CCN(C)C)C(=O)C2OC(C)=O)cc1.Cl. The highest BCUT2D eigenvalue weighted by Crippen LogP contribution is 2.47. The lowest BCUT2D eigenvalue weighted by atomic mass is 10.1. The third-order valence-corrected chi connectivity index (χ3v) is 6.11. The number of likely N-dealkylation sites (N-methyl/N-ethyl adjacent to an activating group) is 1. The highest BCUT2D eigenvalue weighted by atomic mass is 35.5. The number of rotatable bonds is 6. The number of carbonyl (C=O) groups excluding carboxylic acids is 2. The molecule has 6 nitrogen and oxygen atoms in total. The second-order valence-corrected chi connectivity index (χ2v) is 8.43. The summed E-state index contributed by atoms with van der Waals surface area (Å²) in [7, 11) is 5.39. The molecule has 2 aromatic carbocycles. The van der Waals surface area contributed by atoms with E-state index in [1.165, 1.54) is 30.8 Å². The van der Waals surface area contributed by atoms with E-state index in [0.29, 0.717) is 29.4 Å². The van der Waals surface area contributed by atoms with Gasteiger partial charge in [0.15, 0.2) is 6.10 Å². The molecule has 0 fully saturated rings. The molecule has 31 heavy (non-hydrogen) atoms. The van der Waals surface area contributed by atoms with Crippen molar-refractivity contribution in [3.05, 3.63) is 53.8 Å². The first-order chi connectivity index (χ1) is 14.3. The summed E-state index contributed by atoms with van der Waals surface area (Å²) in [6.07, 6.45) is -1.04. The minimum absolute atomic E-state index is 0. The number of methoxy groups -OCH3 is 1. The van der Waals surface area contributed by atoms with Gasteiger partial charge in [-0.3, -0.25) is 9.59 Å². The summed E-state index contributed by atoms with van der Waals surface area (Å²) in [5.74, 6) is -0.588. The Morgan fingerprint density at radius 3 is 2.45 bits per heavy atom. The van der Waals surface area contributed by atoms with Crippen LogP contribution in [0.2, 0.25) is 0 Å². The Hall–Kier alpha value is -2.29. The van der Waals surface area contributed by atoms with Crippen molar-refractivity contribution in [1.29, 1.82) is 0 Å². The van der Waals surface area contributed by atoms with Gasteiger partial charge in [0.25, 0.3) is 5.91 Å². The van der Waals surface area contributed by atoms with Crippen LogP contribution in [0.3, 0.4) is 0 Å². The van der Waals surface area contributed by atoms with Crippen LogP contribution in [0.15, 0.2) is 47.4 Å². The average Bonchev–Trinajstić information content (AvgIpc) is 2.81. The molecule has 0 saturated heterocycles. The molecule has 1 amide bonds. The molecule has 1 aliphatic heterocycles. The van der Waals surface area contributed by atoms with E-state index in [1.54, 1.807) is 30.2 Å². The lowest BCUT2D eigenvalue weighted by Crippen LogP contribution is -2.45. The number of nitrogens with zero attached hydrogens (tertiary/aromatic N) is 2. The van der Waals surface area contributed by atoms with Crippen molar-refractivity contribution >= 4 is 41.7 Å². The molecule has 0 N–H and O–H groups in total. The maximum atomic E-state index is 14.1. The van der Waals surface area contributed by atoms with Gasteiger partial charge in [0.2, 0.25) is 0 Å². The number of fused-ring (bicyclic) bond motifs is 1. The first-order valence-corrected chi connectivity index (χ1v) is 10.4. The number of amides is 1. The molecule has 2 aromatic rings. The van der Waals surface area contributed by atoms with Gasteiger partial charge in [-0.25, -0.2) is 4.39 Å². The van der Waals surface area contributed by atoms with Gasteiger partial charge in [0.05, 0.1) is 18.0 Å². The minimum atomic E-state index is -1.04. The van der Waals surface area contributed by atoms with Gasteiger partial charge < -0.3 is 19.3 Å². The predicted octanol–water partition coefficient (Wildman–Crippen LogP) is 3.93. The smallest absolute Gasteiger partial charge is 0.303 e. The molecule has 1 heterocycles. The lowest BCUT2D eigenvalue weighted by molar-refractivity contribution is -0.152. The van der Waals surface area contributed by atoms with Gasteiger partial charge in [0, 0.05) is 24.9 Å². The molecule has 0 aromatic heterocycles. The van der Waals surface area contributed by atoms with E-state index < -0.39 is 17.3 Å². The summed E-state index contributed by atoms with van der Waals surface area (Å²) in [6.45, 7) is 2.27. The highest BCUT2D eigenvalue weighted by molar-refractivity contribution is 7.99. The summed E-state index contributed by atoms with van der Waals surface area (Å²) in [4.78, 5) is 29.6. The average molecular weight is 469 g/mol. The Balaban J connectivity index is 0.00000341. The van der Waals surface area contributed by atoms with Crippen molar-refractivity contribution in [2.24, 2.45) is 0 Å². The van der Waals surface area contributed by atoms with Crippen LogP contribution in [0.5, 0.6) is 5.75 Å². The zero-order chi connectivity index (χ0) is 21.8. The monoisotopic (exact) mass is 468 g/mol. The molecule has 0 aliphatic carbocycles. The molecule has 0 spiro atoms. The summed E-state index contributed by atoms with van der Waals surface area (Å²) in [6, 6.07) is 11.6. The van der Waals surface area contributed by atoms with Crippen molar-refractivity contribution in [1.82, 2.24) is 4.90 Å². The van der Waals surface area contributed by atoms with Gasteiger partial charge in [-0.2, -0.15) is 0 Å². The summed E-state index contributed by atoms with van der Waals surface area (Å²) >= 11 is 1.32. The number of benzene rings is 2. The maximum absolute atomic E-state index is 14.1. The number of thioether (sulfide) groups is 1. The second-order valence-electron chi connectivity index (χ2n) is 7.25. The number of ether oxygens (including phenoxy) is 2. The topological polar surface area (TPSA) is 59.1 Å². The van der Waals surface area contributed by atoms with Crippen LogP contribution in [-0.4, -0.2) is 57.2 Å². The van der Waals surface area contributed by atoms with E-state index in [2.05, 4.69) is 0 Å². The normalized spacial score (nSPS) is 18.1. The van der Waals surface area contributed by atoms with Gasteiger partial charge in [-0.05, 0) is 50.0 Å². The van der Waals surface area contributed by atoms with Crippen LogP contribution < -0.4 is 9.64 Å². The summed E-state index contributed by atoms with van der Waals surface area (Å²) in [5, 5.41) is -0.530. The van der Waals surface area contributed by atoms with Gasteiger partial charge in [-0.1, -0.05) is 12.1 Å². The maximum Gasteiger partial charge on any atom is 0.303 e. The standard InChI is InChI=1S/C22H25FN2O4S.ClH/c1-14(26)29-20-21(15-5-8-17(28-4)9-6-15)30-19-13-16(23)7-10-18(19)25(22(20)27)12-11-24(2)3;/h5-10,13,20-21H,11-12H2,1-4H3;1H. The van der Waals surface area contributed by atoms with E-state index in [-0.39, 0.29) is 24.1 Å². The molecule has 2 atom stereocenters. The highest BCUT2D eigenvalue weighted by Gasteiger charge is 2.40.